The van der Waals surface area contributed by atoms with Crippen molar-refractivity contribution in [3.05, 3.63) is 60.2 Å². The second-order valence-electron chi connectivity index (χ2n) is 4.07. The zero-order valence-corrected chi connectivity index (χ0v) is 10.2. The van der Waals surface area contributed by atoms with Gasteiger partial charge in [-0.3, -0.25) is 0 Å². The van der Waals surface area contributed by atoms with E-state index in [0.717, 1.165) is 16.9 Å². The minimum Gasteiger partial charge on any atom is -0.497 e. The van der Waals surface area contributed by atoms with E-state index in [1.165, 1.54) is 11.1 Å². The fourth-order valence-corrected chi connectivity index (χ4v) is 1.90. The molecule has 0 unspecified atom stereocenters. The van der Waals surface area contributed by atoms with Crippen molar-refractivity contribution < 1.29 is 4.74 Å². The summed E-state index contributed by atoms with van der Waals surface area (Å²) < 4.78 is 5.24. The van der Waals surface area contributed by atoms with Gasteiger partial charge in [0.15, 0.2) is 0 Å². The predicted molar refractivity (Wildman–Crippen MR) is 73.3 cm³/mol. The molecule has 0 saturated heterocycles. The average Bonchev–Trinajstić information content (AvgIpc) is 2.38. The lowest BCUT2D eigenvalue weighted by Gasteiger charge is -2.07. The van der Waals surface area contributed by atoms with Gasteiger partial charge in [-0.1, -0.05) is 36.9 Å². The zero-order valence-electron chi connectivity index (χ0n) is 10.2. The van der Waals surface area contributed by atoms with Crippen LogP contribution in [0.15, 0.2) is 49.0 Å². The minimum atomic E-state index is 0.879. The summed E-state index contributed by atoms with van der Waals surface area (Å²) >= 11 is 0. The van der Waals surface area contributed by atoms with Crippen LogP contribution in [0.1, 0.15) is 11.1 Å². The molecule has 0 spiro atoms. The normalized spacial score (nSPS) is 10.0. The molecule has 2 rings (SSSR count). The molecule has 1 heteroatoms. The van der Waals surface area contributed by atoms with Gasteiger partial charge in [0.05, 0.1) is 7.11 Å². The third-order valence-corrected chi connectivity index (χ3v) is 2.74. The molecule has 0 bridgehead atoms. The predicted octanol–water partition coefficient (Wildman–Crippen LogP) is 4.31. The van der Waals surface area contributed by atoms with Crippen LogP contribution in [0, 0.1) is 6.92 Å². The summed E-state index contributed by atoms with van der Waals surface area (Å²) in [5.41, 5.74) is 4.73. The molecule has 86 valence electrons. The van der Waals surface area contributed by atoms with Crippen molar-refractivity contribution in [2.45, 2.75) is 6.92 Å². The number of hydrogen-bond donors (Lipinski definition) is 0. The molecule has 0 atom stereocenters. The van der Waals surface area contributed by atoms with E-state index in [1.807, 2.05) is 24.3 Å². The summed E-state index contributed by atoms with van der Waals surface area (Å²) in [6, 6.07) is 14.5. The third-order valence-electron chi connectivity index (χ3n) is 2.74. The third kappa shape index (κ3) is 2.56. The van der Waals surface area contributed by atoms with Gasteiger partial charge in [0, 0.05) is 0 Å². The fourth-order valence-electron chi connectivity index (χ4n) is 1.90. The van der Waals surface area contributed by atoms with Gasteiger partial charge in [-0.2, -0.15) is 0 Å². The highest BCUT2D eigenvalue weighted by Crippen LogP contribution is 2.26. The summed E-state index contributed by atoms with van der Waals surface area (Å²) in [5, 5.41) is 0. The maximum Gasteiger partial charge on any atom is 0.119 e. The summed E-state index contributed by atoms with van der Waals surface area (Å²) in [6.07, 6.45) is 1.87. The second kappa shape index (κ2) is 4.88. The Balaban J connectivity index is 2.51. The van der Waals surface area contributed by atoms with Gasteiger partial charge in [0.1, 0.15) is 5.75 Å². The molecule has 0 aliphatic heterocycles. The largest absolute Gasteiger partial charge is 0.497 e. The highest BCUT2D eigenvalue weighted by atomic mass is 16.5. The van der Waals surface area contributed by atoms with Gasteiger partial charge in [-0.25, -0.2) is 0 Å². The van der Waals surface area contributed by atoms with Crippen LogP contribution in [0.3, 0.4) is 0 Å². The summed E-state index contributed by atoms with van der Waals surface area (Å²) in [6.45, 7) is 5.91. The van der Waals surface area contributed by atoms with E-state index < -0.39 is 0 Å². The van der Waals surface area contributed by atoms with Gasteiger partial charge in [0.25, 0.3) is 0 Å². The Kier molecular flexibility index (Phi) is 3.29. The van der Waals surface area contributed by atoms with Crippen molar-refractivity contribution in [2.75, 3.05) is 7.11 Å². The van der Waals surface area contributed by atoms with Crippen LogP contribution < -0.4 is 4.74 Å². The lowest BCUT2D eigenvalue weighted by atomic mass is 10.00. The van der Waals surface area contributed by atoms with Crippen LogP contribution in [0.5, 0.6) is 5.75 Å². The maximum atomic E-state index is 5.24. The van der Waals surface area contributed by atoms with Crippen LogP contribution in [0.4, 0.5) is 0 Å². The number of ether oxygens (including phenoxy) is 1. The fraction of sp³-hybridized carbons (Fsp3) is 0.125. The maximum absolute atomic E-state index is 5.24. The summed E-state index contributed by atoms with van der Waals surface area (Å²) in [4.78, 5) is 0. The molecule has 0 N–H and O–H groups in total. The molecule has 0 saturated carbocycles. The Morgan fingerprint density at radius 1 is 1.06 bits per heavy atom. The molecule has 0 radical (unpaired) electrons. The van der Waals surface area contributed by atoms with E-state index in [4.69, 9.17) is 4.74 Å². The lowest BCUT2D eigenvalue weighted by molar-refractivity contribution is 0.415. The van der Waals surface area contributed by atoms with Gasteiger partial charge in [-0.15, -0.1) is 0 Å². The lowest BCUT2D eigenvalue weighted by Crippen LogP contribution is -1.85. The number of aryl methyl sites for hydroxylation is 1. The van der Waals surface area contributed by atoms with Gasteiger partial charge in [-0.05, 0) is 47.4 Å². The van der Waals surface area contributed by atoms with Gasteiger partial charge >= 0.3 is 0 Å². The van der Waals surface area contributed by atoms with Crippen molar-refractivity contribution in [1.82, 2.24) is 0 Å². The van der Waals surface area contributed by atoms with Crippen LogP contribution in [0.25, 0.3) is 17.2 Å². The first kappa shape index (κ1) is 11.5. The van der Waals surface area contributed by atoms with Crippen molar-refractivity contribution in [1.29, 1.82) is 0 Å². The molecular weight excluding hydrogens is 208 g/mol. The number of rotatable bonds is 3. The molecule has 0 heterocycles. The molecule has 0 aliphatic carbocycles. The molecule has 2 aromatic rings. The van der Waals surface area contributed by atoms with Crippen LogP contribution in [0.2, 0.25) is 0 Å². The molecule has 17 heavy (non-hydrogen) atoms. The van der Waals surface area contributed by atoms with E-state index in [0.29, 0.717) is 0 Å². The van der Waals surface area contributed by atoms with Gasteiger partial charge in [0.2, 0.25) is 0 Å². The van der Waals surface area contributed by atoms with E-state index in [2.05, 4.69) is 37.8 Å². The molecule has 0 amide bonds. The highest BCUT2D eigenvalue weighted by Gasteiger charge is 2.01. The standard InChI is InChI=1S/C16H16O/c1-4-13-8-12(2)9-15(10-13)14-6-5-7-16(11-14)17-3/h4-11H,1H2,2-3H3. The first-order valence-corrected chi connectivity index (χ1v) is 5.61. The first-order valence-electron chi connectivity index (χ1n) is 5.61. The van der Waals surface area contributed by atoms with E-state index >= 15 is 0 Å². The van der Waals surface area contributed by atoms with Crippen LogP contribution in [-0.2, 0) is 0 Å². The molecule has 0 aliphatic rings. The van der Waals surface area contributed by atoms with Crippen molar-refractivity contribution in [3.8, 4) is 16.9 Å². The number of methoxy groups -OCH3 is 1. The first-order chi connectivity index (χ1) is 8.22. The van der Waals surface area contributed by atoms with Crippen LogP contribution in [-0.4, -0.2) is 7.11 Å². The Bertz CT molecular complexity index is 541. The number of hydrogen-bond acceptors (Lipinski definition) is 1. The molecular formula is C16H16O. The summed E-state index contributed by atoms with van der Waals surface area (Å²) in [5.74, 6) is 0.879. The van der Waals surface area contributed by atoms with Crippen LogP contribution >= 0.6 is 0 Å². The Morgan fingerprint density at radius 3 is 2.59 bits per heavy atom. The quantitative estimate of drug-likeness (QED) is 0.754. The average molecular weight is 224 g/mol. The van der Waals surface area contributed by atoms with E-state index in [1.54, 1.807) is 7.11 Å². The Hall–Kier alpha value is -2.02. The zero-order chi connectivity index (χ0) is 12.3. The van der Waals surface area contributed by atoms with Crippen molar-refractivity contribution in [2.24, 2.45) is 0 Å². The Labute approximate surface area is 102 Å². The smallest absolute Gasteiger partial charge is 0.119 e. The van der Waals surface area contributed by atoms with Crippen molar-refractivity contribution in [3.63, 3.8) is 0 Å². The van der Waals surface area contributed by atoms with Gasteiger partial charge < -0.3 is 4.74 Å². The SMILES string of the molecule is C=Cc1cc(C)cc(-c2cccc(OC)c2)c1. The number of benzene rings is 2. The highest BCUT2D eigenvalue weighted by molar-refractivity contribution is 5.69. The van der Waals surface area contributed by atoms with E-state index in [9.17, 15) is 0 Å². The molecule has 1 nitrogen and oxygen atoms in total. The molecule has 0 aromatic heterocycles. The Morgan fingerprint density at radius 2 is 1.88 bits per heavy atom. The van der Waals surface area contributed by atoms with Crippen molar-refractivity contribution >= 4 is 6.08 Å². The molecule has 2 aromatic carbocycles. The minimum absolute atomic E-state index is 0.879. The topological polar surface area (TPSA) is 9.23 Å². The molecule has 0 fully saturated rings. The van der Waals surface area contributed by atoms with E-state index in [-0.39, 0.29) is 0 Å². The summed E-state index contributed by atoms with van der Waals surface area (Å²) in [7, 11) is 1.69. The monoisotopic (exact) mass is 224 g/mol. The second-order valence-corrected chi connectivity index (χ2v) is 4.07.